The van der Waals surface area contributed by atoms with E-state index in [1.165, 1.54) is 19.1 Å². The van der Waals surface area contributed by atoms with Gasteiger partial charge in [-0.15, -0.1) is 0 Å². The van der Waals surface area contributed by atoms with E-state index >= 15 is 0 Å². The molecule has 9 heteroatoms. The van der Waals surface area contributed by atoms with E-state index in [9.17, 15) is 22.8 Å². The first-order valence-corrected chi connectivity index (χ1v) is 7.99. The van der Waals surface area contributed by atoms with E-state index in [1.807, 2.05) is 6.07 Å². The van der Waals surface area contributed by atoms with Gasteiger partial charge in [0.1, 0.15) is 5.75 Å². The van der Waals surface area contributed by atoms with Crippen LogP contribution in [0.15, 0.2) is 48.5 Å². The molecule has 0 fully saturated rings. The summed E-state index contributed by atoms with van der Waals surface area (Å²) in [7, 11) is 0. The summed E-state index contributed by atoms with van der Waals surface area (Å²) in [5.41, 5.74) is -0.213. The number of anilines is 1. The quantitative estimate of drug-likeness (QED) is 0.760. The van der Waals surface area contributed by atoms with Crippen LogP contribution < -0.4 is 10.1 Å². The monoisotopic (exact) mass is 392 g/mol. The number of nitrogens with zero attached hydrogens (tertiary/aromatic N) is 1. The van der Waals surface area contributed by atoms with E-state index in [4.69, 9.17) is 14.7 Å². The van der Waals surface area contributed by atoms with E-state index in [-0.39, 0.29) is 5.75 Å². The van der Waals surface area contributed by atoms with Gasteiger partial charge in [0.25, 0.3) is 5.91 Å². The Morgan fingerprint density at radius 2 is 1.89 bits per heavy atom. The highest BCUT2D eigenvalue weighted by Crippen LogP contribution is 2.31. The molecule has 1 N–H and O–H groups in total. The van der Waals surface area contributed by atoms with Gasteiger partial charge in [-0.05, 0) is 43.3 Å². The molecule has 6 nitrogen and oxygen atoms in total. The maximum Gasteiger partial charge on any atom is 0.416 e. The van der Waals surface area contributed by atoms with Crippen LogP contribution in [0.4, 0.5) is 18.9 Å². The number of ether oxygens (including phenoxy) is 2. The van der Waals surface area contributed by atoms with Crippen molar-refractivity contribution in [3.8, 4) is 11.8 Å². The lowest BCUT2D eigenvalue weighted by atomic mass is 10.2. The number of alkyl halides is 3. The number of hydrogen-bond acceptors (Lipinski definition) is 5. The van der Waals surface area contributed by atoms with Crippen molar-refractivity contribution in [2.24, 2.45) is 0 Å². The van der Waals surface area contributed by atoms with Crippen LogP contribution in [0.1, 0.15) is 18.1 Å². The third-order valence-corrected chi connectivity index (χ3v) is 3.45. The highest BCUT2D eigenvalue weighted by Gasteiger charge is 2.30. The Labute approximate surface area is 158 Å². The molecular weight excluding hydrogens is 377 g/mol. The number of carbonyl (C=O) groups excluding carboxylic acids is 2. The minimum absolute atomic E-state index is 0.155. The average molecular weight is 392 g/mol. The van der Waals surface area contributed by atoms with Crippen LogP contribution in [0.5, 0.6) is 5.75 Å². The van der Waals surface area contributed by atoms with E-state index in [2.05, 4.69) is 5.32 Å². The minimum Gasteiger partial charge on any atom is -0.482 e. The molecule has 2 aromatic carbocycles. The minimum atomic E-state index is -4.53. The summed E-state index contributed by atoms with van der Waals surface area (Å²) in [6, 6.07) is 12.1. The molecule has 0 aliphatic carbocycles. The SMILES string of the molecule is C[C@H](OC(=O)COc1cccc(C(F)(F)F)c1)C(=O)Nc1cccc(C#N)c1. The predicted octanol–water partition coefficient (Wildman–Crippen LogP) is 3.53. The van der Waals surface area contributed by atoms with Crippen LogP contribution >= 0.6 is 0 Å². The first-order chi connectivity index (χ1) is 13.2. The maximum atomic E-state index is 12.6. The zero-order valence-electron chi connectivity index (χ0n) is 14.6. The van der Waals surface area contributed by atoms with Gasteiger partial charge in [0, 0.05) is 5.69 Å². The smallest absolute Gasteiger partial charge is 0.416 e. The van der Waals surface area contributed by atoms with Gasteiger partial charge < -0.3 is 14.8 Å². The Kier molecular flexibility index (Phi) is 6.60. The number of nitrogens with one attached hydrogen (secondary N) is 1. The Hall–Kier alpha value is -3.54. The fraction of sp³-hybridized carbons (Fsp3) is 0.211. The zero-order valence-corrected chi connectivity index (χ0v) is 14.6. The molecule has 0 saturated carbocycles. The van der Waals surface area contributed by atoms with Crippen molar-refractivity contribution in [1.29, 1.82) is 5.26 Å². The lowest BCUT2D eigenvalue weighted by Crippen LogP contribution is -2.31. The summed E-state index contributed by atoms with van der Waals surface area (Å²) >= 11 is 0. The molecule has 0 bridgehead atoms. The molecule has 2 aromatic rings. The van der Waals surface area contributed by atoms with Crippen molar-refractivity contribution in [3.63, 3.8) is 0 Å². The predicted molar refractivity (Wildman–Crippen MR) is 92.3 cm³/mol. The van der Waals surface area contributed by atoms with Crippen LogP contribution in [0.3, 0.4) is 0 Å². The molecule has 0 unspecified atom stereocenters. The molecule has 0 spiro atoms. The number of rotatable bonds is 6. The van der Waals surface area contributed by atoms with Crippen molar-refractivity contribution < 1.29 is 32.2 Å². The Balaban J connectivity index is 1.87. The fourth-order valence-corrected chi connectivity index (χ4v) is 2.10. The van der Waals surface area contributed by atoms with Crippen LogP contribution in [-0.4, -0.2) is 24.6 Å². The average Bonchev–Trinajstić information content (AvgIpc) is 2.66. The van der Waals surface area contributed by atoms with Gasteiger partial charge >= 0.3 is 12.1 Å². The highest BCUT2D eigenvalue weighted by atomic mass is 19.4. The summed E-state index contributed by atoms with van der Waals surface area (Å²) in [6.07, 6.45) is -5.71. The van der Waals surface area contributed by atoms with E-state index in [0.717, 1.165) is 18.2 Å². The molecule has 0 radical (unpaired) electrons. The van der Waals surface area contributed by atoms with Crippen molar-refractivity contribution in [2.75, 3.05) is 11.9 Å². The molecule has 1 amide bonds. The molecule has 0 saturated heterocycles. The third-order valence-electron chi connectivity index (χ3n) is 3.45. The second-order valence-electron chi connectivity index (χ2n) is 5.63. The molecule has 0 aromatic heterocycles. The summed E-state index contributed by atoms with van der Waals surface area (Å²) < 4.78 is 47.8. The lowest BCUT2D eigenvalue weighted by Gasteiger charge is -2.14. The number of carbonyl (C=O) groups is 2. The maximum absolute atomic E-state index is 12.6. The fourth-order valence-electron chi connectivity index (χ4n) is 2.10. The van der Waals surface area contributed by atoms with Crippen LogP contribution in [0.2, 0.25) is 0 Å². The highest BCUT2D eigenvalue weighted by molar-refractivity contribution is 5.95. The molecule has 1 atom stereocenters. The van der Waals surface area contributed by atoms with Gasteiger partial charge in [0.2, 0.25) is 0 Å². The van der Waals surface area contributed by atoms with Crippen LogP contribution in [0.25, 0.3) is 0 Å². The van der Waals surface area contributed by atoms with Gasteiger partial charge in [0.05, 0.1) is 17.2 Å². The molecule has 146 valence electrons. The van der Waals surface area contributed by atoms with Gasteiger partial charge in [-0.1, -0.05) is 12.1 Å². The summed E-state index contributed by atoms with van der Waals surface area (Å²) in [5.74, 6) is -1.72. The topological polar surface area (TPSA) is 88.4 Å². The second-order valence-corrected chi connectivity index (χ2v) is 5.63. The number of amides is 1. The number of nitriles is 1. The Bertz CT molecular complexity index is 907. The van der Waals surface area contributed by atoms with Gasteiger partial charge in [-0.2, -0.15) is 18.4 Å². The van der Waals surface area contributed by atoms with E-state index in [0.29, 0.717) is 11.3 Å². The Morgan fingerprint density at radius 1 is 1.18 bits per heavy atom. The summed E-state index contributed by atoms with van der Waals surface area (Å²) in [4.78, 5) is 23.8. The van der Waals surface area contributed by atoms with Gasteiger partial charge in [-0.3, -0.25) is 4.79 Å². The number of hydrogen-bond donors (Lipinski definition) is 1. The van der Waals surface area contributed by atoms with Crippen molar-refractivity contribution in [3.05, 3.63) is 59.7 Å². The first-order valence-electron chi connectivity index (χ1n) is 7.99. The Morgan fingerprint density at radius 3 is 2.57 bits per heavy atom. The van der Waals surface area contributed by atoms with Crippen LogP contribution in [0, 0.1) is 11.3 Å². The number of esters is 1. The largest absolute Gasteiger partial charge is 0.482 e. The van der Waals surface area contributed by atoms with Crippen molar-refractivity contribution in [1.82, 2.24) is 0 Å². The van der Waals surface area contributed by atoms with Crippen molar-refractivity contribution in [2.45, 2.75) is 19.2 Å². The summed E-state index contributed by atoms with van der Waals surface area (Å²) in [6.45, 7) is 0.661. The molecule has 28 heavy (non-hydrogen) atoms. The third kappa shape index (κ3) is 6.02. The molecule has 0 aliphatic heterocycles. The molecule has 0 heterocycles. The molecular formula is C19H15F3N2O4. The van der Waals surface area contributed by atoms with E-state index < -0.39 is 36.3 Å². The second kappa shape index (κ2) is 8.90. The van der Waals surface area contributed by atoms with Gasteiger partial charge in [-0.25, -0.2) is 4.79 Å². The van der Waals surface area contributed by atoms with Gasteiger partial charge in [0.15, 0.2) is 12.7 Å². The van der Waals surface area contributed by atoms with Crippen LogP contribution in [-0.2, 0) is 20.5 Å². The number of benzene rings is 2. The lowest BCUT2D eigenvalue weighted by molar-refractivity contribution is -0.155. The summed E-state index contributed by atoms with van der Waals surface area (Å²) in [5, 5.41) is 11.3. The zero-order chi connectivity index (χ0) is 20.7. The number of halogens is 3. The standard InChI is InChI=1S/C19H15F3N2O4/c1-12(18(26)24-15-6-2-4-13(8-15)10-23)28-17(25)11-27-16-7-3-5-14(9-16)19(20,21)22/h2-9,12H,11H2,1H3,(H,24,26)/t12-/m0/s1. The normalized spacial score (nSPS) is 11.8. The molecule has 0 aliphatic rings. The van der Waals surface area contributed by atoms with Crippen molar-refractivity contribution >= 4 is 17.6 Å². The molecule has 2 rings (SSSR count). The van der Waals surface area contributed by atoms with E-state index in [1.54, 1.807) is 18.2 Å². The first kappa shape index (κ1) is 20.8.